The van der Waals surface area contributed by atoms with Gasteiger partial charge < -0.3 is 10.1 Å². The molecule has 4 heteroatoms. The third kappa shape index (κ3) is 3.07. The Kier molecular flexibility index (Phi) is 4.13. The molecule has 1 atom stereocenters. The van der Waals surface area contributed by atoms with E-state index in [1.165, 1.54) is 50.5 Å². The Hall–Kier alpha value is -0.870. The summed E-state index contributed by atoms with van der Waals surface area (Å²) in [4.78, 5) is 0. The Labute approximate surface area is 121 Å². The van der Waals surface area contributed by atoms with Gasteiger partial charge in [-0.3, -0.25) is 4.68 Å². The summed E-state index contributed by atoms with van der Waals surface area (Å²) in [5.41, 5.74) is 2.66. The molecule has 1 saturated heterocycles. The predicted octanol–water partition coefficient (Wildman–Crippen LogP) is 2.70. The van der Waals surface area contributed by atoms with Crippen LogP contribution < -0.4 is 5.32 Å². The number of nitrogens with zero attached hydrogens (tertiary/aromatic N) is 2. The van der Waals surface area contributed by atoms with Gasteiger partial charge in [-0.25, -0.2) is 0 Å². The van der Waals surface area contributed by atoms with Crippen molar-refractivity contribution < 1.29 is 4.74 Å². The molecule has 1 aliphatic carbocycles. The van der Waals surface area contributed by atoms with Crippen molar-refractivity contribution in [3.63, 3.8) is 0 Å². The third-order valence-corrected chi connectivity index (χ3v) is 4.91. The van der Waals surface area contributed by atoms with E-state index in [1.54, 1.807) is 0 Å². The summed E-state index contributed by atoms with van der Waals surface area (Å²) < 4.78 is 8.26. The lowest BCUT2D eigenvalue weighted by atomic mass is 9.83. The van der Waals surface area contributed by atoms with Crippen molar-refractivity contribution in [3.05, 3.63) is 17.5 Å². The lowest BCUT2D eigenvalue weighted by Crippen LogP contribution is -2.34. The van der Waals surface area contributed by atoms with Crippen molar-refractivity contribution in [1.82, 2.24) is 15.1 Å². The largest absolute Gasteiger partial charge is 0.370 e. The average molecular weight is 277 g/mol. The lowest BCUT2D eigenvalue weighted by Gasteiger charge is -2.33. The van der Waals surface area contributed by atoms with Gasteiger partial charge in [0.05, 0.1) is 17.4 Å². The molecule has 1 N–H and O–H groups in total. The first-order chi connectivity index (χ1) is 9.67. The highest BCUT2D eigenvalue weighted by molar-refractivity contribution is 5.14. The molecule has 1 aromatic rings. The van der Waals surface area contributed by atoms with Crippen LogP contribution in [0.3, 0.4) is 0 Å². The van der Waals surface area contributed by atoms with Crippen molar-refractivity contribution in [2.24, 2.45) is 7.05 Å². The molecule has 20 heavy (non-hydrogen) atoms. The molecule has 1 aliphatic heterocycles. The minimum atomic E-state index is 0.245. The first-order valence-corrected chi connectivity index (χ1v) is 8.05. The zero-order chi connectivity index (χ0) is 14.0. The molecule has 2 aliphatic rings. The van der Waals surface area contributed by atoms with Gasteiger partial charge in [0.15, 0.2) is 0 Å². The molecule has 2 heterocycles. The number of aryl methyl sites for hydroxylation is 2. The van der Waals surface area contributed by atoms with E-state index in [4.69, 9.17) is 4.74 Å². The first kappa shape index (κ1) is 14.1. The summed E-state index contributed by atoms with van der Waals surface area (Å²) in [5, 5.41) is 7.92. The van der Waals surface area contributed by atoms with Crippen LogP contribution in [-0.4, -0.2) is 28.0 Å². The number of hydrogen-bond donors (Lipinski definition) is 1. The lowest BCUT2D eigenvalue weighted by molar-refractivity contribution is -0.0624. The predicted molar refractivity (Wildman–Crippen MR) is 79.6 cm³/mol. The number of rotatable bonds is 4. The first-order valence-electron chi connectivity index (χ1n) is 8.05. The molecule has 0 radical (unpaired) electrons. The van der Waals surface area contributed by atoms with E-state index >= 15 is 0 Å². The molecule has 112 valence electrons. The maximum Gasteiger partial charge on any atom is 0.0708 e. The Morgan fingerprint density at radius 2 is 2.15 bits per heavy atom. The zero-order valence-corrected chi connectivity index (χ0v) is 12.8. The molecule has 1 spiro atoms. The second-order valence-electron chi connectivity index (χ2n) is 6.57. The van der Waals surface area contributed by atoms with Crippen LogP contribution in [0.4, 0.5) is 0 Å². The van der Waals surface area contributed by atoms with E-state index in [-0.39, 0.29) is 5.60 Å². The van der Waals surface area contributed by atoms with Crippen LogP contribution in [0.2, 0.25) is 0 Å². The van der Waals surface area contributed by atoms with E-state index in [0.29, 0.717) is 6.10 Å². The average Bonchev–Trinajstić information content (AvgIpc) is 2.95. The van der Waals surface area contributed by atoms with Gasteiger partial charge in [-0.2, -0.15) is 5.10 Å². The summed E-state index contributed by atoms with van der Waals surface area (Å²) in [6.45, 7) is 3.93. The summed E-state index contributed by atoms with van der Waals surface area (Å²) in [6, 6.07) is 0. The molecule has 4 nitrogen and oxygen atoms in total. The molecule has 1 aromatic heterocycles. The molecular weight excluding hydrogens is 250 g/mol. The van der Waals surface area contributed by atoms with Gasteiger partial charge in [0, 0.05) is 31.9 Å². The van der Waals surface area contributed by atoms with E-state index in [2.05, 4.69) is 23.5 Å². The van der Waals surface area contributed by atoms with Gasteiger partial charge in [0.25, 0.3) is 0 Å². The zero-order valence-electron chi connectivity index (χ0n) is 12.8. The molecule has 0 amide bonds. The summed E-state index contributed by atoms with van der Waals surface area (Å²) >= 11 is 0. The number of nitrogens with one attached hydrogen (secondary N) is 1. The van der Waals surface area contributed by atoms with Crippen molar-refractivity contribution in [3.8, 4) is 0 Å². The third-order valence-electron chi connectivity index (χ3n) is 4.91. The maximum absolute atomic E-state index is 6.38. The molecule has 1 unspecified atom stereocenters. The smallest absolute Gasteiger partial charge is 0.0708 e. The SMILES string of the molecule is Cc1nn(C)cc1CNCC1CCC2(CCCCC2)O1. The summed E-state index contributed by atoms with van der Waals surface area (Å²) in [5.74, 6) is 0. The standard InChI is InChI=1S/C16H27N3O/c1-13-14(12-19(2)18-13)10-17-11-15-6-9-16(20-15)7-4-3-5-8-16/h12,15,17H,3-11H2,1-2H3. The van der Waals surface area contributed by atoms with Gasteiger partial charge in [0.2, 0.25) is 0 Å². The Balaban J connectivity index is 1.44. The van der Waals surface area contributed by atoms with Crippen LogP contribution in [0.1, 0.15) is 56.2 Å². The monoisotopic (exact) mass is 277 g/mol. The van der Waals surface area contributed by atoms with Crippen LogP contribution >= 0.6 is 0 Å². The van der Waals surface area contributed by atoms with Gasteiger partial charge in [0.1, 0.15) is 0 Å². The normalized spacial score (nSPS) is 25.4. The van der Waals surface area contributed by atoms with Gasteiger partial charge in [-0.05, 0) is 32.6 Å². The highest BCUT2D eigenvalue weighted by Gasteiger charge is 2.40. The van der Waals surface area contributed by atoms with Crippen LogP contribution in [0.25, 0.3) is 0 Å². The summed E-state index contributed by atoms with van der Waals surface area (Å²) in [6.07, 6.45) is 11.7. The Morgan fingerprint density at radius 3 is 2.85 bits per heavy atom. The molecule has 0 aromatic carbocycles. The van der Waals surface area contributed by atoms with E-state index < -0.39 is 0 Å². The van der Waals surface area contributed by atoms with Crippen LogP contribution in [0, 0.1) is 6.92 Å². The Morgan fingerprint density at radius 1 is 1.35 bits per heavy atom. The van der Waals surface area contributed by atoms with Crippen LogP contribution in [0.15, 0.2) is 6.20 Å². The molecule has 3 rings (SSSR count). The highest BCUT2D eigenvalue weighted by Crippen LogP contribution is 2.41. The van der Waals surface area contributed by atoms with E-state index in [9.17, 15) is 0 Å². The van der Waals surface area contributed by atoms with Crippen LogP contribution in [-0.2, 0) is 18.3 Å². The van der Waals surface area contributed by atoms with Crippen molar-refractivity contribution in [1.29, 1.82) is 0 Å². The molecular formula is C16H27N3O. The minimum absolute atomic E-state index is 0.245. The fourth-order valence-corrected chi connectivity index (χ4v) is 3.79. The van der Waals surface area contributed by atoms with Crippen molar-refractivity contribution >= 4 is 0 Å². The second-order valence-corrected chi connectivity index (χ2v) is 6.57. The quantitative estimate of drug-likeness (QED) is 0.919. The van der Waals surface area contributed by atoms with Crippen LogP contribution in [0.5, 0.6) is 0 Å². The highest BCUT2D eigenvalue weighted by atomic mass is 16.5. The fraction of sp³-hybridized carbons (Fsp3) is 0.812. The van der Waals surface area contributed by atoms with Gasteiger partial charge >= 0.3 is 0 Å². The van der Waals surface area contributed by atoms with Gasteiger partial charge in [-0.15, -0.1) is 0 Å². The van der Waals surface area contributed by atoms with Crippen molar-refractivity contribution in [2.75, 3.05) is 6.54 Å². The minimum Gasteiger partial charge on any atom is -0.370 e. The topological polar surface area (TPSA) is 39.1 Å². The summed E-state index contributed by atoms with van der Waals surface area (Å²) in [7, 11) is 1.98. The Bertz CT molecular complexity index is 449. The number of aromatic nitrogens is 2. The second kappa shape index (κ2) is 5.86. The maximum atomic E-state index is 6.38. The van der Waals surface area contributed by atoms with E-state index in [1.807, 2.05) is 11.7 Å². The van der Waals surface area contributed by atoms with Crippen molar-refractivity contribution in [2.45, 2.75) is 70.1 Å². The fourth-order valence-electron chi connectivity index (χ4n) is 3.79. The van der Waals surface area contributed by atoms with Gasteiger partial charge in [-0.1, -0.05) is 19.3 Å². The van der Waals surface area contributed by atoms with E-state index in [0.717, 1.165) is 18.8 Å². The molecule has 2 fully saturated rings. The molecule has 1 saturated carbocycles. The number of ether oxygens (including phenoxy) is 1. The molecule has 0 bridgehead atoms. The number of hydrogen-bond acceptors (Lipinski definition) is 3.